The first kappa shape index (κ1) is 20.1. The first-order valence-corrected chi connectivity index (χ1v) is 6.64. The minimum Gasteiger partial charge on any atom is -0.267 e. The van der Waals surface area contributed by atoms with E-state index in [4.69, 9.17) is 11.6 Å². The number of hydrogen-bond donors (Lipinski definition) is 0. The lowest BCUT2D eigenvalue weighted by Gasteiger charge is -2.17. The van der Waals surface area contributed by atoms with Crippen molar-refractivity contribution < 1.29 is 39.5 Å². The van der Waals surface area contributed by atoms with Crippen molar-refractivity contribution in [2.24, 2.45) is 0 Å². The second-order valence-corrected chi connectivity index (χ2v) is 5.25. The van der Waals surface area contributed by atoms with Crippen molar-refractivity contribution >= 4 is 11.6 Å². The molecule has 13 heteroatoms. The normalized spacial score (nSPS) is 13.2. The minimum absolute atomic E-state index is 0.0287. The Labute approximate surface area is 142 Å². The van der Waals surface area contributed by atoms with Crippen LogP contribution in [0.3, 0.4) is 0 Å². The Hall–Kier alpha value is -2.24. The zero-order valence-corrected chi connectivity index (χ0v) is 12.6. The maximum absolute atomic E-state index is 13.1. The third kappa shape index (κ3) is 3.94. The van der Waals surface area contributed by atoms with Crippen LogP contribution in [0.4, 0.5) is 39.5 Å². The van der Waals surface area contributed by atoms with Crippen molar-refractivity contribution in [2.75, 3.05) is 0 Å². The number of nitrogens with zero attached hydrogens (tertiary/aromatic N) is 2. The molecule has 0 aliphatic carbocycles. The second kappa shape index (κ2) is 6.18. The molecule has 0 N–H and O–H groups in total. The van der Waals surface area contributed by atoms with Crippen LogP contribution in [0.5, 0.6) is 0 Å². The molecule has 0 fully saturated rings. The van der Waals surface area contributed by atoms with Crippen molar-refractivity contribution in [2.45, 2.75) is 18.5 Å². The average molecular weight is 411 g/mol. The number of hydrogen-bond acceptors (Lipinski definition) is 2. The van der Waals surface area contributed by atoms with E-state index in [1.54, 1.807) is 0 Å². The van der Waals surface area contributed by atoms with E-state index in [-0.39, 0.29) is 29.1 Å². The summed E-state index contributed by atoms with van der Waals surface area (Å²) in [5, 5.41) is -1.09. The SMILES string of the molecule is O=c1c(Cl)cc(C(F)(F)F)cn1-c1ncc(C(F)(F)F)cc1C(F)(F)F. The van der Waals surface area contributed by atoms with Gasteiger partial charge >= 0.3 is 18.5 Å². The Balaban J connectivity index is 2.85. The third-order valence-electron chi connectivity index (χ3n) is 3.03. The number of halogens is 10. The summed E-state index contributed by atoms with van der Waals surface area (Å²) in [6.07, 6.45) is -15.8. The molecule has 2 rings (SSSR count). The van der Waals surface area contributed by atoms with E-state index in [2.05, 4.69) is 4.98 Å². The van der Waals surface area contributed by atoms with Crippen molar-refractivity contribution in [3.05, 3.63) is 56.6 Å². The van der Waals surface area contributed by atoms with Gasteiger partial charge in [0.25, 0.3) is 5.56 Å². The lowest BCUT2D eigenvalue weighted by Crippen LogP contribution is -2.25. The fourth-order valence-electron chi connectivity index (χ4n) is 1.87. The molecule has 2 aromatic heterocycles. The molecule has 0 saturated carbocycles. The van der Waals surface area contributed by atoms with Gasteiger partial charge in [0.2, 0.25) is 0 Å². The Morgan fingerprint density at radius 2 is 1.38 bits per heavy atom. The maximum atomic E-state index is 13.1. The molecule has 0 amide bonds. The van der Waals surface area contributed by atoms with Gasteiger partial charge in [-0.25, -0.2) is 4.98 Å². The molecule has 0 aliphatic heterocycles. The molecule has 0 aliphatic rings. The van der Waals surface area contributed by atoms with Gasteiger partial charge in [0.05, 0.1) is 16.7 Å². The zero-order valence-electron chi connectivity index (χ0n) is 11.9. The van der Waals surface area contributed by atoms with Gasteiger partial charge in [0.15, 0.2) is 5.82 Å². The lowest BCUT2D eigenvalue weighted by molar-refractivity contribution is -0.143. The van der Waals surface area contributed by atoms with Crippen LogP contribution in [-0.2, 0) is 18.5 Å². The van der Waals surface area contributed by atoms with Crippen molar-refractivity contribution in [3.63, 3.8) is 0 Å². The average Bonchev–Trinajstić information content (AvgIpc) is 2.46. The molecule has 2 heterocycles. The summed E-state index contributed by atoms with van der Waals surface area (Å²) in [7, 11) is 0. The second-order valence-electron chi connectivity index (χ2n) is 4.84. The molecule has 0 atom stereocenters. The van der Waals surface area contributed by atoms with Crippen molar-refractivity contribution in [1.29, 1.82) is 0 Å². The largest absolute Gasteiger partial charge is 0.419 e. The van der Waals surface area contributed by atoms with Crippen molar-refractivity contribution in [1.82, 2.24) is 9.55 Å². The third-order valence-corrected chi connectivity index (χ3v) is 3.30. The van der Waals surface area contributed by atoms with Gasteiger partial charge in [-0.15, -0.1) is 0 Å². The number of alkyl halides is 9. The fraction of sp³-hybridized carbons (Fsp3) is 0.231. The summed E-state index contributed by atoms with van der Waals surface area (Å²) < 4.78 is 115. The van der Waals surface area contributed by atoms with Crippen molar-refractivity contribution in [3.8, 4) is 5.82 Å². The van der Waals surface area contributed by atoms with E-state index in [0.29, 0.717) is 0 Å². The lowest BCUT2D eigenvalue weighted by atomic mass is 10.1. The molecule has 0 unspecified atom stereocenters. The molecule has 2 aromatic rings. The monoisotopic (exact) mass is 410 g/mol. The molecule has 0 bridgehead atoms. The number of pyridine rings is 2. The van der Waals surface area contributed by atoms with Gasteiger partial charge in [-0.1, -0.05) is 11.6 Å². The highest BCUT2D eigenvalue weighted by atomic mass is 35.5. The molecular formula is C13H4ClF9N2O. The van der Waals surface area contributed by atoms with Crippen LogP contribution in [-0.4, -0.2) is 9.55 Å². The number of aromatic nitrogens is 2. The Bertz CT molecular complexity index is 896. The Kier molecular flexibility index (Phi) is 4.77. The first-order chi connectivity index (χ1) is 11.6. The van der Waals surface area contributed by atoms with Crippen LogP contribution in [0.2, 0.25) is 5.02 Å². The molecule has 0 aromatic carbocycles. The predicted molar refractivity (Wildman–Crippen MR) is 69.9 cm³/mol. The first-order valence-electron chi connectivity index (χ1n) is 6.26. The van der Waals surface area contributed by atoms with Gasteiger partial charge in [-0.2, -0.15) is 39.5 Å². The van der Waals surface area contributed by atoms with Crippen LogP contribution in [0.15, 0.2) is 29.3 Å². The Morgan fingerprint density at radius 1 is 0.846 bits per heavy atom. The highest BCUT2D eigenvalue weighted by molar-refractivity contribution is 6.30. The zero-order chi connectivity index (χ0) is 20.1. The summed E-state index contributed by atoms with van der Waals surface area (Å²) in [6, 6.07) is -0.180. The molecular weight excluding hydrogens is 407 g/mol. The van der Waals surface area contributed by atoms with Gasteiger partial charge in [0.1, 0.15) is 5.02 Å². The summed E-state index contributed by atoms with van der Waals surface area (Å²) >= 11 is 5.32. The van der Waals surface area contributed by atoms with E-state index in [9.17, 15) is 44.3 Å². The van der Waals surface area contributed by atoms with Gasteiger partial charge in [-0.3, -0.25) is 9.36 Å². The Morgan fingerprint density at radius 3 is 1.85 bits per heavy atom. The molecule has 142 valence electrons. The van der Waals surface area contributed by atoms with E-state index in [1.807, 2.05) is 0 Å². The summed E-state index contributed by atoms with van der Waals surface area (Å²) in [5.74, 6) is -1.47. The maximum Gasteiger partial charge on any atom is 0.419 e. The number of rotatable bonds is 1. The van der Waals surface area contributed by atoms with Gasteiger partial charge in [0, 0.05) is 12.4 Å². The summed E-state index contributed by atoms with van der Waals surface area (Å²) in [4.78, 5) is 14.7. The van der Waals surface area contributed by atoms with Crippen LogP contribution >= 0.6 is 11.6 Å². The molecule has 3 nitrogen and oxygen atoms in total. The summed E-state index contributed by atoms with van der Waals surface area (Å²) in [5.41, 5.74) is -6.95. The topological polar surface area (TPSA) is 34.9 Å². The van der Waals surface area contributed by atoms with E-state index in [0.717, 1.165) is 0 Å². The molecule has 0 spiro atoms. The van der Waals surface area contributed by atoms with Crippen LogP contribution in [0, 0.1) is 0 Å². The molecule has 26 heavy (non-hydrogen) atoms. The minimum atomic E-state index is -5.44. The van der Waals surface area contributed by atoms with Crippen LogP contribution in [0.25, 0.3) is 5.82 Å². The quantitative estimate of drug-likeness (QED) is 0.624. The molecule has 0 radical (unpaired) electrons. The fourth-order valence-corrected chi connectivity index (χ4v) is 2.08. The predicted octanol–water partition coefficient (Wildman–Crippen LogP) is 4.94. The highest BCUT2D eigenvalue weighted by Gasteiger charge is 2.40. The van der Waals surface area contributed by atoms with E-state index >= 15 is 0 Å². The summed E-state index contributed by atoms with van der Waals surface area (Å²) in [6.45, 7) is 0. The smallest absolute Gasteiger partial charge is 0.267 e. The van der Waals surface area contributed by atoms with Gasteiger partial charge < -0.3 is 0 Å². The molecule has 0 saturated heterocycles. The standard InChI is InChI=1S/C13H4ClF9N2O/c14-8-2-6(12(18,19)20)4-25(10(8)26)9-7(13(21,22)23)1-5(3-24-9)11(15,16)17/h1-4H. The van der Waals surface area contributed by atoms with E-state index < -0.39 is 51.6 Å². The van der Waals surface area contributed by atoms with Crippen LogP contribution in [0.1, 0.15) is 16.7 Å². The van der Waals surface area contributed by atoms with Gasteiger partial charge in [-0.05, 0) is 12.1 Å². The van der Waals surface area contributed by atoms with Crippen LogP contribution < -0.4 is 5.56 Å². The highest BCUT2D eigenvalue weighted by Crippen LogP contribution is 2.38. The van der Waals surface area contributed by atoms with E-state index in [1.165, 1.54) is 0 Å².